The summed E-state index contributed by atoms with van der Waals surface area (Å²) < 4.78 is 5.10. The Labute approximate surface area is 54.1 Å². The van der Waals surface area contributed by atoms with Gasteiger partial charge in [0.2, 0.25) is 0 Å². The van der Waals surface area contributed by atoms with Gasteiger partial charge in [-0.3, -0.25) is 10.6 Å². The highest BCUT2D eigenvalue weighted by Gasteiger charge is 2.26. The molecule has 9 heavy (non-hydrogen) atoms. The third kappa shape index (κ3) is 0.821. The standard InChI is InChI=1S/C6H10N2O/c1-2-9-3-6-5(1)7-4-8-6/h1-2,5-8H,3-4H2. The van der Waals surface area contributed by atoms with Crippen LogP contribution in [0.5, 0.6) is 0 Å². The highest BCUT2D eigenvalue weighted by molar-refractivity contribution is 5.03. The summed E-state index contributed by atoms with van der Waals surface area (Å²) in [7, 11) is 0. The summed E-state index contributed by atoms with van der Waals surface area (Å²) in [5, 5.41) is 6.55. The van der Waals surface area contributed by atoms with E-state index in [-0.39, 0.29) is 0 Å². The molecular weight excluding hydrogens is 116 g/mol. The van der Waals surface area contributed by atoms with Crippen LogP contribution in [0.2, 0.25) is 0 Å². The van der Waals surface area contributed by atoms with Gasteiger partial charge in [0.25, 0.3) is 0 Å². The monoisotopic (exact) mass is 126 g/mol. The molecule has 0 aromatic carbocycles. The van der Waals surface area contributed by atoms with Gasteiger partial charge in [-0.2, -0.15) is 0 Å². The average molecular weight is 126 g/mol. The third-order valence-corrected chi connectivity index (χ3v) is 1.79. The summed E-state index contributed by atoms with van der Waals surface area (Å²) >= 11 is 0. The Bertz CT molecular complexity index is 135. The molecule has 0 amide bonds. The van der Waals surface area contributed by atoms with Crippen LogP contribution in [-0.2, 0) is 4.74 Å². The molecule has 1 saturated heterocycles. The molecule has 0 saturated carbocycles. The number of hydrogen-bond donors (Lipinski definition) is 2. The summed E-state index contributed by atoms with van der Waals surface area (Å²) in [5.74, 6) is 0. The second-order valence-electron chi connectivity index (χ2n) is 2.38. The fourth-order valence-electron chi connectivity index (χ4n) is 1.24. The van der Waals surface area contributed by atoms with Crippen LogP contribution in [0.15, 0.2) is 12.3 Å². The van der Waals surface area contributed by atoms with Gasteiger partial charge in [-0.05, 0) is 6.08 Å². The lowest BCUT2D eigenvalue weighted by Crippen LogP contribution is -2.37. The molecule has 2 aliphatic rings. The summed E-state index contributed by atoms with van der Waals surface area (Å²) in [6.45, 7) is 1.71. The Balaban J connectivity index is 2.10. The molecule has 2 atom stereocenters. The van der Waals surface area contributed by atoms with Crippen LogP contribution in [0.3, 0.4) is 0 Å². The van der Waals surface area contributed by atoms with Crippen LogP contribution in [0.25, 0.3) is 0 Å². The minimum Gasteiger partial charge on any atom is -0.500 e. The fraction of sp³-hybridized carbons (Fsp3) is 0.667. The van der Waals surface area contributed by atoms with Crippen molar-refractivity contribution in [2.45, 2.75) is 12.1 Å². The first-order valence-corrected chi connectivity index (χ1v) is 3.22. The van der Waals surface area contributed by atoms with Crippen molar-refractivity contribution < 1.29 is 4.74 Å². The maximum Gasteiger partial charge on any atom is 0.104 e. The maximum absolute atomic E-state index is 5.10. The van der Waals surface area contributed by atoms with Gasteiger partial charge in [0.15, 0.2) is 0 Å². The summed E-state index contributed by atoms with van der Waals surface area (Å²) in [6, 6.07) is 0.994. The number of nitrogens with one attached hydrogen (secondary N) is 2. The zero-order chi connectivity index (χ0) is 6.10. The van der Waals surface area contributed by atoms with E-state index in [0.717, 1.165) is 13.3 Å². The smallest absolute Gasteiger partial charge is 0.104 e. The Morgan fingerprint density at radius 2 is 2.44 bits per heavy atom. The van der Waals surface area contributed by atoms with Gasteiger partial charge in [0.1, 0.15) is 6.61 Å². The number of rotatable bonds is 0. The molecule has 1 fully saturated rings. The highest BCUT2D eigenvalue weighted by Crippen LogP contribution is 2.06. The van der Waals surface area contributed by atoms with Crippen molar-refractivity contribution >= 4 is 0 Å². The molecule has 0 aromatic rings. The van der Waals surface area contributed by atoms with E-state index in [1.165, 1.54) is 0 Å². The summed E-state index contributed by atoms with van der Waals surface area (Å²) in [4.78, 5) is 0. The van der Waals surface area contributed by atoms with Gasteiger partial charge in [-0.25, -0.2) is 0 Å². The second-order valence-corrected chi connectivity index (χ2v) is 2.38. The molecule has 50 valence electrons. The van der Waals surface area contributed by atoms with E-state index >= 15 is 0 Å². The van der Waals surface area contributed by atoms with E-state index in [0.29, 0.717) is 12.1 Å². The molecule has 3 heteroatoms. The molecule has 2 aliphatic heterocycles. The van der Waals surface area contributed by atoms with Crippen molar-refractivity contribution in [1.82, 2.24) is 10.6 Å². The molecule has 2 rings (SSSR count). The van der Waals surface area contributed by atoms with Crippen molar-refractivity contribution in [2.75, 3.05) is 13.3 Å². The minimum atomic E-state index is 0.495. The second kappa shape index (κ2) is 2.01. The molecule has 0 radical (unpaired) electrons. The van der Waals surface area contributed by atoms with Crippen molar-refractivity contribution in [3.8, 4) is 0 Å². The summed E-state index contributed by atoms with van der Waals surface area (Å²) in [5.41, 5.74) is 0. The fourth-order valence-corrected chi connectivity index (χ4v) is 1.24. The normalized spacial score (nSPS) is 40.0. The first kappa shape index (κ1) is 5.26. The van der Waals surface area contributed by atoms with E-state index in [1.807, 2.05) is 6.08 Å². The lowest BCUT2D eigenvalue weighted by Gasteiger charge is -2.19. The quantitative estimate of drug-likeness (QED) is 0.455. The Morgan fingerprint density at radius 1 is 1.44 bits per heavy atom. The van der Waals surface area contributed by atoms with Gasteiger partial charge in [0.05, 0.1) is 12.3 Å². The Morgan fingerprint density at radius 3 is 3.33 bits per heavy atom. The highest BCUT2D eigenvalue weighted by atomic mass is 16.5. The van der Waals surface area contributed by atoms with Crippen LogP contribution < -0.4 is 10.6 Å². The molecular formula is C6H10N2O. The average Bonchev–Trinajstić information content (AvgIpc) is 2.33. The van der Waals surface area contributed by atoms with E-state index in [9.17, 15) is 0 Å². The van der Waals surface area contributed by atoms with Gasteiger partial charge in [-0.15, -0.1) is 0 Å². The summed E-state index contributed by atoms with van der Waals surface area (Å²) in [6.07, 6.45) is 3.81. The minimum absolute atomic E-state index is 0.495. The number of ether oxygens (including phenoxy) is 1. The van der Waals surface area contributed by atoms with Crippen LogP contribution >= 0.6 is 0 Å². The number of fused-ring (bicyclic) bond motifs is 1. The Hall–Kier alpha value is -0.540. The third-order valence-electron chi connectivity index (χ3n) is 1.79. The molecule has 0 spiro atoms. The van der Waals surface area contributed by atoms with Crippen LogP contribution in [0, 0.1) is 0 Å². The molecule has 0 bridgehead atoms. The van der Waals surface area contributed by atoms with Crippen molar-refractivity contribution in [3.63, 3.8) is 0 Å². The van der Waals surface area contributed by atoms with E-state index < -0.39 is 0 Å². The van der Waals surface area contributed by atoms with Crippen molar-refractivity contribution in [3.05, 3.63) is 12.3 Å². The van der Waals surface area contributed by atoms with E-state index in [4.69, 9.17) is 4.74 Å². The van der Waals surface area contributed by atoms with E-state index in [2.05, 4.69) is 10.6 Å². The van der Waals surface area contributed by atoms with Crippen molar-refractivity contribution in [1.29, 1.82) is 0 Å². The SMILES string of the molecule is C1=CC2NCNC2CO1. The van der Waals surface area contributed by atoms with Crippen LogP contribution in [-0.4, -0.2) is 25.4 Å². The Kier molecular flexibility index (Phi) is 1.17. The topological polar surface area (TPSA) is 33.3 Å². The first-order valence-electron chi connectivity index (χ1n) is 3.22. The van der Waals surface area contributed by atoms with Gasteiger partial charge < -0.3 is 4.74 Å². The maximum atomic E-state index is 5.10. The van der Waals surface area contributed by atoms with Crippen LogP contribution in [0.4, 0.5) is 0 Å². The van der Waals surface area contributed by atoms with Gasteiger partial charge >= 0.3 is 0 Å². The molecule has 2 unspecified atom stereocenters. The zero-order valence-corrected chi connectivity index (χ0v) is 5.13. The molecule has 2 heterocycles. The van der Waals surface area contributed by atoms with Crippen molar-refractivity contribution in [2.24, 2.45) is 0 Å². The largest absolute Gasteiger partial charge is 0.500 e. The first-order chi connectivity index (χ1) is 4.47. The predicted octanol–water partition coefficient (Wildman–Crippen LogP) is -0.582. The van der Waals surface area contributed by atoms with Crippen LogP contribution in [0.1, 0.15) is 0 Å². The van der Waals surface area contributed by atoms with Gasteiger partial charge in [0, 0.05) is 12.7 Å². The number of hydrogen-bond acceptors (Lipinski definition) is 3. The molecule has 0 aromatic heterocycles. The molecule has 3 nitrogen and oxygen atoms in total. The van der Waals surface area contributed by atoms with Gasteiger partial charge in [-0.1, -0.05) is 0 Å². The van der Waals surface area contributed by atoms with E-state index in [1.54, 1.807) is 6.26 Å². The lowest BCUT2D eigenvalue weighted by atomic mass is 10.1. The zero-order valence-electron chi connectivity index (χ0n) is 5.13. The lowest BCUT2D eigenvalue weighted by molar-refractivity contribution is 0.197. The predicted molar refractivity (Wildman–Crippen MR) is 33.8 cm³/mol. The molecule has 2 N–H and O–H groups in total. The molecule has 0 aliphatic carbocycles.